The van der Waals surface area contributed by atoms with Crippen LogP contribution < -0.4 is 10.1 Å². The van der Waals surface area contributed by atoms with E-state index in [1.165, 1.54) is 6.33 Å². The van der Waals surface area contributed by atoms with Crippen LogP contribution in [-0.4, -0.2) is 17.1 Å². The largest absolute Gasteiger partial charge is 0.497 e. The molecule has 2 rings (SSSR count). The summed E-state index contributed by atoms with van der Waals surface area (Å²) in [6.07, 6.45) is 1.39. The Balaban J connectivity index is 2.36. The summed E-state index contributed by atoms with van der Waals surface area (Å²) in [4.78, 5) is 8.02. The van der Waals surface area contributed by atoms with Gasteiger partial charge >= 0.3 is 0 Å². The minimum atomic E-state index is 0.409. The van der Waals surface area contributed by atoms with Crippen molar-refractivity contribution in [2.75, 3.05) is 12.4 Å². The zero-order valence-corrected chi connectivity index (χ0v) is 11.4. The fourth-order valence-electron chi connectivity index (χ4n) is 1.41. The van der Waals surface area contributed by atoms with Crippen LogP contribution in [-0.2, 0) is 0 Å². The summed E-state index contributed by atoms with van der Waals surface area (Å²) in [5, 5.41) is 4.09. The normalized spacial score (nSPS) is 10.2. The molecule has 0 amide bonds. The van der Waals surface area contributed by atoms with Gasteiger partial charge in [0.05, 0.1) is 17.8 Å². The van der Waals surface area contributed by atoms with Crippen molar-refractivity contribution in [2.45, 2.75) is 6.92 Å². The second kappa shape index (κ2) is 5.42. The van der Waals surface area contributed by atoms with Gasteiger partial charge in [0.25, 0.3) is 0 Å². The zero-order valence-electron chi connectivity index (χ0n) is 9.87. The Kier molecular flexibility index (Phi) is 3.89. The summed E-state index contributed by atoms with van der Waals surface area (Å²) in [7, 11) is 1.60. The third-order valence-electron chi connectivity index (χ3n) is 2.45. The van der Waals surface area contributed by atoms with Gasteiger partial charge in [-0.3, -0.25) is 0 Å². The number of nitrogens with one attached hydrogen (secondary N) is 1. The Bertz CT molecular complexity index is 575. The van der Waals surface area contributed by atoms with Gasteiger partial charge in [-0.25, -0.2) is 9.97 Å². The van der Waals surface area contributed by atoms with Crippen molar-refractivity contribution >= 4 is 34.7 Å². The number of aromatic nitrogens is 2. The van der Waals surface area contributed by atoms with Crippen LogP contribution >= 0.6 is 23.2 Å². The molecule has 0 aliphatic carbocycles. The van der Waals surface area contributed by atoms with E-state index in [0.29, 0.717) is 27.4 Å². The molecule has 1 aromatic heterocycles. The maximum Gasteiger partial charge on any atom is 0.138 e. The molecule has 0 saturated carbocycles. The minimum Gasteiger partial charge on any atom is -0.497 e. The topological polar surface area (TPSA) is 47.0 Å². The molecule has 6 heteroatoms. The van der Waals surface area contributed by atoms with Crippen molar-refractivity contribution in [3.8, 4) is 5.75 Å². The molecule has 0 bridgehead atoms. The fourth-order valence-corrected chi connectivity index (χ4v) is 1.71. The number of nitrogens with zero attached hydrogens (tertiary/aromatic N) is 2. The standard InChI is InChI=1S/C12H11Cl2N3O/c1-7-11(14)15-6-16-12(7)17-10-5-8(18-2)3-4-9(10)13/h3-6H,1-2H3,(H,15,16,17). The van der Waals surface area contributed by atoms with E-state index in [1.807, 2.05) is 6.92 Å². The lowest BCUT2D eigenvalue weighted by Gasteiger charge is -2.11. The van der Waals surface area contributed by atoms with E-state index >= 15 is 0 Å². The van der Waals surface area contributed by atoms with E-state index < -0.39 is 0 Å². The first-order chi connectivity index (χ1) is 8.61. The molecular weight excluding hydrogens is 273 g/mol. The molecule has 0 unspecified atom stereocenters. The van der Waals surface area contributed by atoms with Gasteiger partial charge in [-0.2, -0.15) is 0 Å². The van der Waals surface area contributed by atoms with Crippen LogP contribution in [0.3, 0.4) is 0 Å². The van der Waals surface area contributed by atoms with Crippen LogP contribution in [0.15, 0.2) is 24.5 Å². The van der Waals surface area contributed by atoms with E-state index in [-0.39, 0.29) is 0 Å². The summed E-state index contributed by atoms with van der Waals surface area (Å²) >= 11 is 12.0. The molecule has 94 valence electrons. The Morgan fingerprint density at radius 2 is 2.00 bits per heavy atom. The van der Waals surface area contributed by atoms with Crippen LogP contribution in [0.25, 0.3) is 0 Å². The van der Waals surface area contributed by atoms with Crippen molar-refractivity contribution in [2.24, 2.45) is 0 Å². The maximum absolute atomic E-state index is 6.10. The van der Waals surface area contributed by atoms with Crippen molar-refractivity contribution in [1.29, 1.82) is 0 Å². The molecule has 4 nitrogen and oxygen atoms in total. The van der Waals surface area contributed by atoms with Gasteiger partial charge in [0.1, 0.15) is 23.0 Å². The Labute approximate surface area is 115 Å². The fraction of sp³-hybridized carbons (Fsp3) is 0.167. The first-order valence-electron chi connectivity index (χ1n) is 5.19. The highest BCUT2D eigenvalue weighted by atomic mass is 35.5. The molecule has 0 aliphatic rings. The zero-order chi connectivity index (χ0) is 13.1. The molecule has 0 aliphatic heterocycles. The van der Waals surface area contributed by atoms with E-state index in [4.69, 9.17) is 27.9 Å². The molecule has 0 spiro atoms. The molecule has 2 aromatic rings. The number of anilines is 2. The molecule has 1 heterocycles. The molecular formula is C12H11Cl2N3O. The molecule has 1 N–H and O–H groups in total. The quantitative estimate of drug-likeness (QED) is 0.870. The smallest absolute Gasteiger partial charge is 0.138 e. The first-order valence-corrected chi connectivity index (χ1v) is 5.95. The first kappa shape index (κ1) is 12.9. The lowest BCUT2D eigenvalue weighted by Crippen LogP contribution is -1.99. The van der Waals surface area contributed by atoms with Crippen LogP contribution in [0.5, 0.6) is 5.75 Å². The van der Waals surface area contributed by atoms with Gasteiger partial charge in [0.2, 0.25) is 0 Å². The summed E-state index contributed by atoms with van der Waals surface area (Å²) in [6, 6.07) is 5.33. The number of benzene rings is 1. The van der Waals surface area contributed by atoms with Gasteiger partial charge in [-0.15, -0.1) is 0 Å². The Morgan fingerprint density at radius 1 is 1.22 bits per heavy atom. The molecule has 0 fully saturated rings. The maximum atomic E-state index is 6.10. The number of rotatable bonds is 3. The summed E-state index contributed by atoms with van der Waals surface area (Å²) in [6.45, 7) is 1.83. The van der Waals surface area contributed by atoms with Crippen LogP contribution in [0, 0.1) is 6.92 Å². The van der Waals surface area contributed by atoms with Crippen LogP contribution in [0.2, 0.25) is 10.2 Å². The predicted octanol–water partition coefficient (Wildman–Crippen LogP) is 3.84. The van der Waals surface area contributed by atoms with E-state index in [9.17, 15) is 0 Å². The predicted molar refractivity (Wildman–Crippen MR) is 73.1 cm³/mol. The minimum absolute atomic E-state index is 0.409. The number of methoxy groups -OCH3 is 1. The van der Waals surface area contributed by atoms with Crippen molar-refractivity contribution < 1.29 is 4.74 Å². The number of hydrogen-bond acceptors (Lipinski definition) is 4. The van der Waals surface area contributed by atoms with E-state index in [2.05, 4.69) is 15.3 Å². The summed E-state index contributed by atoms with van der Waals surface area (Å²) < 4.78 is 5.14. The second-order valence-electron chi connectivity index (χ2n) is 3.61. The number of ether oxygens (including phenoxy) is 1. The highest BCUT2D eigenvalue weighted by Gasteiger charge is 2.08. The summed E-state index contributed by atoms with van der Waals surface area (Å²) in [5.41, 5.74) is 1.46. The lowest BCUT2D eigenvalue weighted by atomic mass is 10.2. The monoisotopic (exact) mass is 283 g/mol. The van der Waals surface area contributed by atoms with Crippen LogP contribution in [0.1, 0.15) is 5.56 Å². The molecule has 0 atom stereocenters. The lowest BCUT2D eigenvalue weighted by molar-refractivity contribution is 0.415. The number of halogens is 2. The highest BCUT2D eigenvalue weighted by Crippen LogP contribution is 2.30. The molecule has 0 saturated heterocycles. The Hall–Kier alpha value is -1.52. The van der Waals surface area contributed by atoms with E-state index in [1.54, 1.807) is 25.3 Å². The second-order valence-corrected chi connectivity index (χ2v) is 4.37. The van der Waals surface area contributed by atoms with Crippen molar-refractivity contribution in [3.05, 3.63) is 40.3 Å². The molecule has 1 aromatic carbocycles. The third-order valence-corrected chi connectivity index (χ3v) is 3.16. The molecule has 18 heavy (non-hydrogen) atoms. The SMILES string of the molecule is COc1ccc(Cl)c(Nc2ncnc(Cl)c2C)c1. The van der Waals surface area contributed by atoms with Gasteiger partial charge < -0.3 is 10.1 Å². The third kappa shape index (κ3) is 2.66. The highest BCUT2D eigenvalue weighted by molar-refractivity contribution is 6.33. The van der Waals surface area contributed by atoms with Crippen molar-refractivity contribution in [1.82, 2.24) is 9.97 Å². The average Bonchev–Trinajstić information content (AvgIpc) is 2.37. The average molecular weight is 284 g/mol. The van der Waals surface area contributed by atoms with Crippen LogP contribution in [0.4, 0.5) is 11.5 Å². The number of hydrogen-bond donors (Lipinski definition) is 1. The van der Waals surface area contributed by atoms with Crippen molar-refractivity contribution in [3.63, 3.8) is 0 Å². The van der Waals surface area contributed by atoms with Gasteiger partial charge in [0, 0.05) is 11.6 Å². The summed E-state index contributed by atoms with van der Waals surface area (Å²) in [5.74, 6) is 1.32. The Morgan fingerprint density at radius 3 is 2.72 bits per heavy atom. The van der Waals surface area contributed by atoms with Gasteiger partial charge in [-0.1, -0.05) is 23.2 Å². The van der Waals surface area contributed by atoms with E-state index in [0.717, 1.165) is 5.56 Å². The van der Waals surface area contributed by atoms with Gasteiger partial charge in [-0.05, 0) is 19.1 Å². The molecule has 0 radical (unpaired) electrons. The van der Waals surface area contributed by atoms with Gasteiger partial charge in [0.15, 0.2) is 0 Å².